The summed E-state index contributed by atoms with van der Waals surface area (Å²) in [6.45, 7) is 10.5. The van der Waals surface area contributed by atoms with Crippen molar-refractivity contribution >= 4 is 15.9 Å². The first-order valence-corrected chi connectivity index (χ1v) is 9.96. The predicted octanol–water partition coefficient (Wildman–Crippen LogP) is 2.65. The second-order valence-corrected chi connectivity index (χ2v) is 7.88. The van der Waals surface area contributed by atoms with E-state index in [0.29, 0.717) is 37.3 Å². The number of hydrogen-bond acceptors (Lipinski definition) is 4. The van der Waals surface area contributed by atoms with Gasteiger partial charge in [-0.3, -0.25) is 4.79 Å². The molecule has 6 nitrogen and oxygen atoms in total. The zero-order valence-electron chi connectivity index (χ0n) is 15.6. The number of sulfonamides is 1. The number of rotatable bonds is 8. The van der Waals surface area contributed by atoms with Crippen LogP contribution >= 0.6 is 0 Å². The maximum absolute atomic E-state index is 12.8. The minimum Gasteiger partial charge on any atom is -0.338 e. The van der Waals surface area contributed by atoms with Crippen molar-refractivity contribution in [1.29, 1.82) is 5.26 Å². The van der Waals surface area contributed by atoms with Crippen LogP contribution in [0.25, 0.3) is 0 Å². The van der Waals surface area contributed by atoms with Crippen LogP contribution in [0, 0.1) is 24.2 Å². The van der Waals surface area contributed by atoms with Gasteiger partial charge in [0.15, 0.2) is 0 Å². The molecule has 0 radical (unpaired) electrons. The van der Waals surface area contributed by atoms with E-state index in [9.17, 15) is 13.2 Å². The van der Waals surface area contributed by atoms with E-state index in [1.807, 2.05) is 6.92 Å². The molecule has 0 aliphatic carbocycles. The zero-order chi connectivity index (χ0) is 19.2. The summed E-state index contributed by atoms with van der Waals surface area (Å²) in [4.78, 5) is 14.5. The van der Waals surface area contributed by atoms with Gasteiger partial charge in [0.05, 0.1) is 16.9 Å². The molecule has 0 fully saturated rings. The average Bonchev–Trinajstić information content (AvgIpc) is 2.59. The van der Waals surface area contributed by atoms with Gasteiger partial charge in [0.1, 0.15) is 0 Å². The van der Waals surface area contributed by atoms with Crippen LogP contribution in [0.5, 0.6) is 0 Å². The Morgan fingerprint density at radius 2 is 1.80 bits per heavy atom. The molecule has 0 aromatic heterocycles. The summed E-state index contributed by atoms with van der Waals surface area (Å²) in [7, 11) is -3.62. The van der Waals surface area contributed by atoms with E-state index in [1.165, 1.54) is 16.4 Å². The molecular weight excluding hydrogens is 338 g/mol. The third kappa shape index (κ3) is 4.80. The van der Waals surface area contributed by atoms with Crippen molar-refractivity contribution in [3.8, 4) is 6.07 Å². The first kappa shape index (κ1) is 21.1. The molecule has 1 aromatic carbocycles. The molecule has 1 atom stereocenters. The minimum atomic E-state index is -3.62. The van der Waals surface area contributed by atoms with E-state index in [4.69, 9.17) is 5.26 Å². The summed E-state index contributed by atoms with van der Waals surface area (Å²) in [6, 6.07) is 6.76. The molecule has 0 saturated carbocycles. The molecule has 0 N–H and O–H groups in total. The normalized spacial score (nSPS) is 12.7. The summed E-state index contributed by atoms with van der Waals surface area (Å²) in [5.41, 5.74) is 1.08. The number of nitriles is 1. The number of nitrogens with zero attached hydrogens (tertiary/aromatic N) is 3. The molecule has 0 saturated heterocycles. The summed E-state index contributed by atoms with van der Waals surface area (Å²) in [5, 5.41) is 8.98. The maximum Gasteiger partial charge on any atom is 0.254 e. The second kappa shape index (κ2) is 8.97. The molecule has 7 heteroatoms. The number of carbonyl (C=O) groups is 1. The lowest BCUT2D eigenvalue weighted by atomic mass is 10.1. The number of aryl methyl sites for hydroxylation is 1. The quantitative estimate of drug-likeness (QED) is 0.709. The van der Waals surface area contributed by atoms with Gasteiger partial charge in [-0.05, 0) is 38.5 Å². The smallest absolute Gasteiger partial charge is 0.254 e. The Hall–Kier alpha value is -1.91. The highest BCUT2D eigenvalue weighted by Crippen LogP contribution is 2.21. The molecular formula is C18H27N3O3S. The summed E-state index contributed by atoms with van der Waals surface area (Å²) >= 11 is 0. The Morgan fingerprint density at radius 3 is 2.28 bits per heavy atom. The molecule has 25 heavy (non-hydrogen) atoms. The molecule has 1 amide bonds. The lowest BCUT2D eigenvalue weighted by Crippen LogP contribution is -2.35. The number of amides is 1. The summed E-state index contributed by atoms with van der Waals surface area (Å²) < 4.78 is 26.8. The Bertz CT molecular complexity index is 749. The van der Waals surface area contributed by atoms with Gasteiger partial charge in [0, 0.05) is 31.7 Å². The van der Waals surface area contributed by atoms with Crippen molar-refractivity contribution in [2.24, 2.45) is 5.92 Å². The van der Waals surface area contributed by atoms with Crippen LogP contribution in [0.15, 0.2) is 23.1 Å². The molecule has 0 spiro atoms. The van der Waals surface area contributed by atoms with Crippen LogP contribution in [-0.4, -0.2) is 49.7 Å². The van der Waals surface area contributed by atoms with Gasteiger partial charge in [0.25, 0.3) is 5.91 Å². The van der Waals surface area contributed by atoms with E-state index in [0.717, 1.165) is 0 Å². The largest absolute Gasteiger partial charge is 0.338 e. The first-order chi connectivity index (χ1) is 11.7. The molecule has 0 heterocycles. The topological polar surface area (TPSA) is 81.5 Å². The highest BCUT2D eigenvalue weighted by Gasteiger charge is 2.25. The van der Waals surface area contributed by atoms with Gasteiger partial charge in [-0.25, -0.2) is 8.42 Å². The van der Waals surface area contributed by atoms with Crippen LogP contribution in [0.4, 0.5) is 0 Å². The van der Waals surface area contributed by atoms with Gasteiger partial charge in [0.2, 0.25) is 10.0 Å². The van der Waals surface area contributed by atoms with Gasteiger partial charge in [-0.1, -0.05) is 19.9 Å². The van der Waals surface area contributed by atoms with Crippen LogP contribution in [0.3, 0.4) is 0 Å². The zero-order valence-corrected chi connectivity index (χ0v) is 16.4. The monoisotopic (exact) mass is 365 g/mol. The fourth-order valence-corrected chi connectivity index (χ4v) is 4.09. The van der Waals surface area contributed by atoms with E-state index in [1.54, 1.807) is 38.7 Å². The fraction of sp³-hybridized carbons (Fsp3) is 0.556. The predicted molar refractivity (Wildman–Crippen MR) is 97.6 cm³/mol. The highest BCUT2D eigenvalue weighted by atomic mass is 32.2. The Morgan fingerprint density at radius 1 is 1.20 bits per heavy atom. The van der Waals surface area contributed by atoms with E-state index in [-0.39, 0.29) is 16.7 Å². The summed E-state index contributed by atoms with van der Waals surface area (Å²) in [5.74, 6) is -0.537. The molecule has 0 aliphatic rings. The minimum absolute atomic E-state index is 0.120. The highest BCUT2D eigenvalue weighted by molar-refractivity contribution is 7.89. The molecule has 1 rings (SSSR count). The SMILES string of the molecule is CCN(CC(C)C#N)C(=O)c1cc(S(=O)(=O)N(CC)CC)ccc1C. The van der Waals surface area contributed by atoms with Crippen molar-refractivity contribution in [2.75, 3.05) is 26.2 Å². The van der Waals surface area contributed by atoms with E-state index >= 15 is 0 Å². The average molecular weight is 365 g/mol. The van der Waals surface area contributed by atoms with Crippen molar-refractivity contribution in [2.45, 2.75) is 39.5 Å². The maximum atomic E-state index is 12.8. The Kier molecular flexibility index (Phi) is 7.59. The van der Waals surface area contributed by atoms with Crippen LogP contribution in [0.1, 0.15) is 43.6 Å². The summed E-state index contributed by atoms with van der Waals surface area (Å²) in [6.07, 6.45) is 0. The van der Waals surface area contributed by atoms with Crippen molar-refractivity contribution < 1.29 is 13.2 Å². The molecule has 1 aromatic rings. The molecule has 1 unspecified atom stereocenters. The Labute approximate surface area is 151 Å². The van der Waals surface area contributed by atoms with Crippen molar-refractivity contribution in [3.05, 3.63) is 29.3 Å². The van der Waals surface area contributed by atoms with Gasteiger partial charge >= 0.3 is 0 Å². The van der Waals surface area contributed by atoms with E-state index < -0.39 is 10.0 Å². The fourth-order valence-electron chi connectivity index (χ4n) is 2.60. The van der Waals surface area contributed by atoms with Crippen molar-refractivity contribution in [1.82, 2.24) is 9.21 Å². The molecule has 138 valence electrons. The number of carbonyl (C=O) groups excluding carboxylic acids is 1. The second-order valence-electron chi connectivity index (χ2n) is 5.94. The lowest BCUT2D eigenvalue weighted by molar-refractivity contribution is 0.0751. The van der Waals surface area contributed by atoms with Crippen LogP contribution in [-0.2, 0) is 10.0 Å². The third-order valence-corrected chi connectivity index (χ3v) is 6.21. The standard InChI is InChI=1S/C18H27N3O3S/c1-6-20(13-14(4)12-19)18(22)17-11-16(10-9-15(17)5)25(23,24)21(7-2)8-3/h9-11,14H,6-8,13H2,1-5H3. The van der Waals surface area contributed by atoms with Crippen molar-refractivity contribution in [3.63, 3.8) is 0 Å². The van der Waals surface area contributed by atoms with Crippen LogP contribution < -0.4 is 0 Å². The van der Waals surface area contributed by atoms with E-state index in [2.05, 4.69) is 6.07 Å². The third-order valence-electron chi connectivity index (χ3n) is 4.17. The first-order valence-electron chi connectivity index (χ1n) is 8.52. The molecule has 0 bridgehead atoms. The van der Waals surface area contributed by atoms with Gasteiger partial charge in [-0.2, -0.15) is 9.57 Å². The van der Waals surface area contributed by atoms with Gasteiger partial charge in [-0.15, -0.1) is 0 Å². The Balaban J connectivity index is 3.30. The lowest BCUT2D eigenvalue weighted by Gasteiger charge is -2.24. The van der Waals surface area contributed by atoms with Gasteiger partial charge < -0.3 is 4.90 Å². The molecule has 0 aliphatic heterocycles. The number of hydrogen-bond donors (Lipinski definition) is 0. The van der Waals surface area contributed by atoms with Crippen LogP contribution in [0.2, 0.25) is 0 Å². The number of benzene rings is 1.